The van der Waals surface area contributed by atoms with E-state index in [9.17, 15) is 9.18 Å². The van der Waals surface area contributed by atoms with Gasteiger partial charge in [-0.3, -0.25) is 0 Å². The normalized spacial score (nSPS) is 11.1. The quantitative estimate of drug-likeness (QED) is 0.798. The lowest BCUT2D eigenvalue weighted by Gasteiger charge is -2.00. The van der Waals surface area contributed by atoms with Crippen LogP contribution in [0.5, 0.6) is 0 Å². The van der Waals surface area contributed by atoms with Gasteiger partial charge < -0.3 is 9.36 Å². The number of Topliss-reactive ketones (excluding diaryl/α,β-unsaturated/α-hetero) is 1. The van der Waals surface area contributed by atoms with Crippen LogP contribution in [0.3, 0.4) is 0 Å². The molecule has 0 aliphatic carbocycles. The first kappa shape index (κ1) is 11.8. The van der Waals surface area contributed by atoms with E-state index in [4.69, 9.17) is 0 Å². The number of carbonyl (C=O) groups excluding carboxylic acids is 1. The van der Waals surface area contributed by atoms with E-state index in [1.54, 1.807) is 19.1 Å². The van der Waals surface area contributed by atoms with Crippen molar-refractivity contribution in [2.45, 2.75) is 26.7 Å². The Morgan fingerprint density at radius 2 is 2.12 bits per heavy atom. The van der Waals surface area contributed by atoms with Crippen LogP contribution in [-0.2, 0) is 18.3 Å². The molecule has 0 unspecified atom stereocenters. The molecular weight excluding hydrogens is 217 g/mol. The molecule has 2 rings (SSSR count). The van der Waals surface area contributed by atoms with Gasteiger partial charge in [0.15, 0.2) is 0 Å². The van der Waals surface area contributed by atoms with Crippen molar-refractivity contribution in [3.63, 3.8) is 0 Å². The van der Waals surface area contributed by atoms with Crippen LogP contribution in [0, 0.1) is 12.7 Å². The average molecular weight is 233 g/mol. The number of aromatic nitrogens is 1. The Morgan fingerprint density at radius 1 is 1.41 bits per heavy atom. The third kappa shape index (κ3) is 2.09. The Morgan fingerprint density at radius 3 is 2.76 bits per heavy atom. The van der Waals surface area contributed by atoms with Crippen LogP contribution < -0.4 is 0 Å². The van der Waals surface area contributed by atoms with Crippen molar-refractivity contribution in [3.8, 4) is 0 Å². The number of halogens is 1. The summed E-state index contributed by atoms with van der Waals surface area (Å²) in [5.74, 6) is -0.0648. The maximum absolute atomic E-state index is 13.3. The van der Waals surface area contributed by atoms with Crippen LogP contribution in [-0.4, -0.2) is 10.4 Å². The maximum Gasteiger partial charge on any atom is 0.130 e. The monoisotopic (exact) mass is 233 g/mol. The number of aryl methyl sites for hydroxylation is 2. The molecule has 0 bridgehead atoms. The first-order valence-corrected chi connectivity index (χ1v) is 5.73. The summed E-state index contributed by atoms with van der Waals surface area (Å²) in [6.45, 7) is 3.59. The third-order valence-corrected chi connectivity index (χ3v) is 3.31. The summed E-state index contributed by atoms with van der Waals surface area (Å²) < 4.78 is 15.3. The Labute approximate surface area is 100 Å². The van der Waals surface area contributed by atoms with Gasteiger partial charge in [0.25, 0.3) is 0 Å². The van der Waals surface area contributed by atoms with Crippen LogP contribution in [0.4, 0.5) is 4.39 Å². The smallest absolute Gasteiger partial charge is 0.130 e. The second kappa shape index (κ2) is 4.32. The molecule has 0 aliphatic rings. The van der Waals surface area contributed by atoms with E-state index < -0.39 is 0 Å². The minimum absolute atomic E-state index is 0.165. The van der Waals surface area contributed by atoms with Gasteiger partial charge in [-0.15, -0.1) is 0 Å². The molecule has 1 aromatic carbocycles. The van der Waals surface area contributed by atoms with Crippen molar-refractivity contribution >= 4 is 16.7 Å². The lowest BCUT2D eigenvalue weighted by molar-refractivity contribution is -0.116. The van der Waals surface area contributed by atoms with Gasteiger partial charge in [0.2, 0.25) is 0 Å². The summed E-state index contributed by atoms with van der Waals surface area (Å²) >= 11 is 0. The molecular formula is C14H16FNO. The molecule has 2 aromatic rings. The molecule has 0 spiro atoms. The average Bonchev–Trinajstić information content (AvgIpc) is 2.49. The van der Waals surface area contributed by atoms with E-state index in [0.717, 1.165) is 22.2 Å². The Hall–Kier alpha value is -1.64. The van der Waals surface area contributed by atoms with Crippen LogP contribution in [0.15, 0.2) is 18.2 Å². The number of ketones is 1. The molecule has 0 N–H and O–H groups in total. The van der Waals surface area contributed by atoms with Gasteiger partial charge in [-0.2, -0.15) is 0 Å². The molecule has 1 heterocycles. The van der Waals surface area contributed by atoms with Gasteiger partial charge >= 0.3 is 0 Å². The number of rotatable bonds is 3. The maximum atomic E-state index is 13.3. The SMILES string of the molecule is CC(=O)CCc1c(C)n(C)c2ccc(F)cc12. The summed E-state index contributed by atoms with van der Waals surface area (Å²) in [7, 11) is 1.97. The summed E-state index contributed by atoms with van der Waals surface area (Å²) in [4.78, 5) is 11.1. The first-order chi connectivity index (χ1) is 8.00. The highest BCUT2D eigenvalue weighted by molar-refractivity contribution is 5.86. The molecule has 0 saturated carbocycles. The minimum Gasteiger partial charge on any atom is -0.348 e. The highest BCUT2D eigenvalue weighted by Crippen LogP contribution is 2.26. The molecule has 2 nitrogen and oxygen atoms in total. The molecule has 0 radical (unpaired) electrons. The van der Waals surface area contributed by atoms with Gasteiger partial charge in [0.1, 0.15) is 11.6 Å². The lowest BCUT2D eigenvalue weighted by Crippen LogP contribution is -1.96. The number of benzene rings is 1. The molecule has 0 atom stereocenters. The molecule has 0 saturated heterocycles. The van der Waals surface area contributed by atoms with Crippen LogP contribution >= 0.6 is 0 Å². The van der Waals surface area contributed by atoms with Crippen molar-refractivity contribution < 1.29 is 9.18 Å². The predicted octanol–water partition coefficient (Wildman–Crippen LogP) is 3.15. The Bertz CT molecular complexity index is 583. The standard InChI is InChI=1S/C14H16FNO/c1-9(17)4-6-12-10(2)16(3)14-7-5-11(15)8-13(12)14/h5,7-8H,4,6H2,1-3H3. The Kier molecular flexibility index (Phi) is 3.01. The van der Waals surface area contributed by atoms with Crippen molar-refractivity contribution in [2.75, 3.05) is 0 Å². The van der Waals surface area contributed by atoms with Gasteiger partial charge in [-0.25, -0.2) is 4.39 Å². The number of carbonyl (C=O) groups is 1. The molecule has 3 heteroatoms. The zero-order chi connectivity index (χ0) is 12.6. The van der Waals surface area contributed by atoms with Crippen LogP contribution in [0.2, 0.25) is 0 Å². The van der Waals surface area contributed by atoms with Crippen molar-refractivity contribution in [2.24, 2.45) is 7.05 Å². The fourth-order valence-electron chi connectivity index (χ4n) is 2.24. The number of hydrogen-bond acceptors (Lipinski definition) is 1. The minimum atomic E-state index is -0.229. The Balaban J connectivity index is 2.56. The fraction of sp³-hybridized carbons (Fsp3) is 0.357. The topological polar surface area (TPSA) is 22.0 Å². The predicted molar refractivity (Wildman–Crippen MR) is 66.6 cm³/mol. The zero-order valence-electron chi connectivity index (χ0n) is 10.4. The highest BCUT2D eigenvalue weighted by atomic mass is 19.1. The summed E-state index contributed by atoms with van der Waals surface area (Å²) in [6.07, 6.45) is 1.19. The van der Waals surface area contributed by atoms with E-state index >= 15 is 0 Å². The summed E-state index contributed by atoms with van der Waals surface area (Å²) in [5.41, 5.74) is 3.20. The van der Waals surface area contributed by atoms with Gasteiger partial charge in [0.05, 0.1) is 0 Å². The number of fused-ring (bicyclic) bond motifs is 1. The van der Waals surface area contributed by atoms with E-state index in [1.165, 1.54) is 6.07 Å². The highest BCUT2D eigenvalue weighted by Gasteiger charge is 2.12. The summed E-state index contributed by atoms with van der Waals surface area (Å²) in [6, 6.07) is 4.81. The second-order valence-corrected chi connectivity index (χ2v) is 4.49. The third-order valence-electron chi connectivity index (χ3n) is 3.31. The zero-order valence-corrected chi connectivity index (χ0v) is 10.4. The van der Waals surface area contributed by atoms with Crippen molar-refractivity contribution in [3.05, 3.63) is 35.3 Å². The van der Waals surface area contributed by atoms with E-state index in [2.05, 4.69) is 0 Å². The van der Waals surface area contributed by atoms with Gasteiger partial charge in [0, 0.05) is 30.1 Å². The van der Waals surface area contributed by atoms with Gasteiger partial charge in [-0.05, 0) is 44.0 Å². The van der Waals surface area contributed by atoms with E-state index in [0.29, 0.717) is 12.8 Å². The second-order valence-electron chi connectivity index (χ2n) is 4.49. The van der Waals surface area contributed by atoms with Crippen LogP contribution in [0.25, 0.3) is 10.9 Å². The molecule has 90 valence electrons. The summed E-state index contributed by atoms with van der Waals surface area (Å²) in [5, 5.41) is 0.922. The van der Waals surface area contributed by atoms with Crippen LogP contribution in [0.1, 0.15) is 24.6 Å². The van der Waals surface area contributed by atoms with Crippen molar-refractivity contribution in [1.82, 2.24) is 4.57 Å². The number of hydrogen-bond donors (Lipinski definition) is 0. The van der Waals surface area contributed by atoms with Crippen molar-refractivity contribution in [1.29, 1.82) is 0 Å². The molecule has 1 aromatic heterocycles. The molecule has 0 fully saturated rings. The largest absolute Gasteiger partial charge is 0.348 e. The van der Waals surface area contributed by atoms with E-state index in [1.807, 2.05) is 18.5 Å². The lowest BCUT2D eigenvalue weighted by atomic mass is 10.0. The first-order valence-electron chi connectivity index (χ1n) is 5.73. The van der Waals surface area contributed by atoms with Gasteiger partial charge in [-0.1, -0.05) is 0 Å². The van der Waals surface area contributed by atoms with E-state index in [-0.39, 0.29) is 11.6 Å². The fourth-order valence-corrected chi connectivity index (χ4v) is 2.24. The molecule has 0 aliphatic heterocycles. The molecule has 0 amide bonds. The molecule has 17 heavy (non-hydrogen) atoms. The number of nitrogens with zero attached hydrogens (tertiary/aromatic N) is 1.